The second-order valence-electron chi connectivity index (χ2n) is 7.61. The molecule has 0 saturated carbocycles. The van der Waals surface area contributed by atoms with Crippen molar-refractivity contribution < 1.29 is 23.4 Å². The molecule has 2 atom stereocenters. The molecule has 4 nitrogen and oxygen atoms in total. The molecule has 1 saturated heterocycles. The molecule has 8 heteroatoms. The SMILES string of the molecule is CC(C)(C)OC(=O)N1CCCC1(CC=C(F)F)C(O)c1ccc(Cl)c(Cl)c1. The molecule has 1 aromatic carbocycles. The number of carbonyl (C=O) groups excluding carboxylic acids is 1. The highest BCUT2D eigenvalue weighted by atomic mass is 35.5. The maximum Gasteiger partial charge on any atom is 0.410 e. The molecule has 0 radical (unpaired) electrons. The van der Waals surface area contributed by atoms with Crippen molar-refractivity contribution in [1.29, 1.82) is 0 Å². The Morgan fingerprint density at radius 3 is 2.59 bits per heavy atom. The minimum absolute atomic E-state index is 0.212. The van der Waals surface area contributed by atoms with Gasteiger partial charge in [0.1, 0.15) is 11.7 Å². The summed E-state index contributed by atoms with van der Waals surface area (Å²) in [7, 11) is 0. The second kappa shape index (κ2) is 8.33. The first-order valence-corrected chi connectivity index (χ1v) is 9.37. The van der Waals surface area contributed by atoms with Crippen LogP contribution in [0, 0.1) is 0 Å². The number of hydrogen-bond donors (Lipinski definition) is 1. The summed E-state index contributed by atoms with van der Waals surface area (Å²) in [5.41, 5.74) is -1.61. The lowest BCUT2D eigenvalue weighted by atomic mass is 9.82. The summed E-state index contributed by atoms with van der Waals surface area (Å²) in [5.74, 6) is 0. The van der Waals surface area contributed by atoms with Gasteiger partial charge in [-0.15, -0.1) is 0 Å². The van der Waals surface area contributed by atoms with E-state index in [1.54, 1.807) is 26.8 Å². The fourth-order valence-electron chi connectivity index (χ4n) is 3.35. The van der Waals surface area contributed by atoms with Gasteiger partial charge in [0, 0.05) is 6.54 Å². The van der Waals surface area contributed by atoms with Crippen LogP contribution in [0.2, 0.25) is 10.0 Å². The van der Waals surface area contributed by atoms with Crippen molar-refractivity contribution in [3.63, 3.8) is 0 Å². The fourth-order valence-corrected chi connectivity index (χ4v) is 3.65. The van der Waals surface area contributed by atoms with Gasteiger partial charge >= 0.3 is 6.09 Å². The monoisotopic (exact) mass is 421 g/mol. The first-order chi connectivity index (χ1) is 12.5. The summed E-state index contributed by atoms with van der Waals surface area (Å²) in [6.07, 6.45) is -2.34. The lowest BCUT2D eigenvalue weighted by molar-refractivity contribution is -0.0332. The number of carbonyl (C=O) groups is 1. The predicted molar refractivity (Wildman–Crippen MR) is 101 cm³/mol. The Labute approximate surface area is 167 Å². The molecule has 1 amide bonds. The Kier molecular flexibility index (Phi) is 6.77. The lowest BCUT2D eigenvalue weighted by Crippen LogP contribution is -2.52. The number of rotatable bonds is 4. The molecule has 1 aliphatic heterocycles. The summed E-state index contributed by atoms with van der Waals surface area (Å²) < 4.78 is 31.1. The molecule has 1 aliphatic rings. The Bertz CT molecular complexity index is 732. The van der Waals surface area contributed by atoms with Gasteiger partial charge < -0.3 is 9.84 Å². The molecular formula is C19H23Cl2F2NO3. The predicted octanol–water partition coefficient (Wildman–Crippen LogP) is 5.97. The summed E-state index contributed by atoms with van der Waals surface area (Å²) >= 11 is 12.0. The van der Waals surface area contributed by atoms with Gasteiger partial charge in [-0.3, -0.25) is 4.90 Å². The van der Waals surface area contributed by atoms with Crippen LogP contribution in [-0.4, -0.2) is 33.8 Å². The van der Waals surface area contributed by atoms with Crippen molar-refractivity contribution in [2.75, 3.05) is 6.54 Å². The number of ether oxygens (including phenoxy) is 1. The highest BCUT2D eigenvalue weighted by molar-refractivity contribution is 6.42. The van der Waals surface area contributed by atoms with E-state index in [9.17, 15) is 18.7 Å². The van der Waals surface area contributed by atoms with E-state index >= 15 is 0 Å². The van der Waals surface area contributed by atoms with Crippen LogP contribution < -0.4 is 0 Å². The Hall–Kier alpha value is -1.37. The molecular weight excluding hydrogens is 399 g/mol. The van der Waals surface area contributed by atoms with E-state index in [-0.39, 0.29) is 11.4 Å². The van der Waals surface area contributed by atoms with Crippen LogP contribution in [0.3, 0.4) is 0 Å². The van der Waals surface area contributed by atoms with E-state index in [2.05, 4.69) is 0 Å². The largest absolute Gasteiger partial charge is 0.444 e. The molecule has 150 valence electrons. The van der Waals surface area contributed by atoms with E-state index in [0.717, 1.165) is 6.08 Å². The zero-order chi connectivity index (χ0) is 20.4. The Balaban J connectivity index is 2.45. The van der Waals surface area contributed by atoms with Crippen LogP contribution in [0.4, 0.5) is 13.6 Å². The van der Waals surface area contributed by atoms with Crippen LogP contribution in [-0.2, 0) is 4.74 Å². The summed E-state index contributed by atoms with van der Waals surface area (Å²) in [4.78, 5) is 14.1. The van der Waals surface area contributed by atoms with Gasteiger partial charge in [-0.2, -0.15) is 8.78 Å². The van der Waals surface area contributed by atoms with E-state index in [4.69, 9.17) is 27.9 Å². The number of aliphatic hydroxyl groups is 1. The van der Waals surface area contributed by atoms with Crippen LogP contribution in [0.5, 0.6) is 0 Å². The Morgan fingerprint density at radius 1 is 1.37 bits per heavy atom. The summed E-state index contributed by atoms with van der Waals surface area (Å²) in [6, 6.07) is 4.58. The minimum Gasteiger partial charge on any atom is -0.444 e. The number of aliphatic hydroxyl groups excluding tert-OH is 1. The van der Waals surface area contributed by atoms with Crippen molar-refractivity contribution >= 4 is 29.3 Å². The summed E-state index contributed by atoms with van der Waals surface area (Å²) in [5, 5.41) is 11.6. The zero-order valence-corrected chi connectivity index (χ0v) is 16.9. The van der Waals surface area contributed by atoms with Crippen LogP contribution in [0.25, 0.3) is 0 Å². The standard InChI is InChI=1S/C19H23Cl2F2NO3/c1-18(2,3)27-17(26)24-10-4-8-19(24,9-7-15(22)23)16(25)12-5-6-13(20)14(21)11-12/h5-7,11,16,25H,4,8-10H2,1-3H3. The number of amides is 1. The molecule has 1 aromatic rings. The number of halogens is 4. The molecule has 2 unspecified atom stereocenters. The molecule has 0 spiro atoms. The third-order valence-corrected chi connectivity index (χ3v) is 5.26. The number of benzene rings is 1. The first kappa shape index (κ1) is 21.9. The lowest BCUT2D eigenvalue weighted by Gasteiger charge is -2.42. The van der Waals surface area contributed by atoms with Gasteiger partial charge in [-0.1, -0.05) is 29.3 Å². The van der Waals surface area contributed by atoms with Gasteiger partial charge in [0.05, 0.1) is 15.6 Å². The van der Waals surface area contributed by atoms with Gasteiger partial charge in [0.15, 0.2) is 0 Å². The number of hydrogen-bond acceptors (Lipinski definition) is 3. The molecule has 1 fully saturated rings. The zero-order valence-electron chi connectivity index (χ0n) is 15.4. The third-order valence-electron chi connectivity index (χ3n) is 4.52. The molecule has 0 aliphatic carbocycles. The number of likely N-dealkylation sites (tertiary alicyclic amines) is 1. The Morgan fingerprint density at radius 2 is 2.04 bits per heavy atom. The molecule has 1 heterocycles. The molecule has 0 bridgehead atoms. The normalized spacial score (nSPS) is 21.1. The topological polar surface area (TPSA) is 49.8 Å². The van der Waals surface area contributed by atoms with Crippen molar-refractivity contribution in [3.05, 3.63) is 46.0 Å². The van der Waals surface area contributed by atoms with E-state index in [1.807, 2.05) is 0 Å². The molecule has 2 rings (SSSR count). The second-order valence-corrected chi connectivity index (χ2v) is 8.43. The third kappa shape index (κ3) is 5.12. The van der Waals surface area contributed by atoms with Crippen molar-refractivity contribution in [3.8, 4) is 0 Å². The maximum absolute atomic E-state index is 12.8. The van der Waals surface area contributed by atoms with Crippen molar-refractivity contribution in [1.82, 2.24) is 4.90 Å². The highest BCUT2D eigenvalue weighted by Crippen LogP contribution is 2.44. The number of nitrogens with zero attached hydrogens (tertiary/aromatic N) is 1. The first-order valence-electron chi connectivity index (χ1n) is 8.61. The molecule has 0 aromatic heterocycles. The average Bonchev–Trinajstić information content (AvgIpc) is 2.98. The maximum atomic E-state index is 12.8. The quantitative estimate of drug-likeness (QED) is 0.651. The molecule has 1 N–H and O–H groups in total. The average molecular weight is 422 g/mol. The molecule has 27 heavy (non-hydrogen) atoms. The van der Waals surface area contributed by atoms with Crippen molar-refractivity contribution in [2.45, 2.75) is 57.3 Å². The van der Waals surface area contributed by atoms with E-state index in [0.29, 0.717) is 30.0 Å². The summed E-state index contributed by atoms with van der Waals surface area (Å²) in [6.45, 7) is 5.46. The highest BCUT2D eigenvalue weighted by Gasteiger charge is 2.50. The van der Waals surface area contributed by atoms with E-state index < -0.39 is 29.4 Å². The van der Waals surface area contributed by atoms with Gasteiger partial charge in [-0.25, -0.2) is 4.79 Å². The van der Waals surface area contributed by atoms with Gasteiger partial charge in [0.2, 0.25) is 0 Å². The van der Waals surface area contributed by atoms with Gasteiger partial charge in [0.25, 0.3) is 6.08 Å². The van der Waals surface area contributed by atoms with Crippen LogP contribution >= 0.6 is 23.2 Å². The van der Waals surface area contributed by atoms with Crippen LogP contribution in [0.15, 0.2) is 30.4 Å². The van der Waals surface area contributed by atoms with Gasteiger partial charge in [-0.05, 0) is 63.8 Å². The van der Waals surface area contributed by atoms with Crippen molar-refractivity contribution in [2.24, 2.45) is 0 Å². The smallest absolute Gasteiger partial charge is 0.410 e. The minimum atomic E-state index is -1.87. The van der Waals surface area contributed by atoms with E-state index in [1.165, 1.54) is 17.0 Å². The van der Waals surface area contributed by atoms with Crippen LogP contribution in [0.1, 0.15) is 51.7 Å². The fraction of sp³-hybridized carbons (Fsp3) is 0.526.